The highest BCUT2D eigenvalue weighted by Gasteiger charge is 2.40. The molecule has 3 N–H and O–H groups in total. The first kappa shape index (κ1) is 10.7. The number of anilines is 2. The predicted molar refractivity (Wildman–Crippen MR) is 73.5 cm³/mol. The molecule has 2 saturated heterocycles. The van der Waals surface area contributed by atoms with Crippen LogP contribution in [-0.4, -0.2) is 18.2 Å². The summed E-state index contributed by atoms with van der Waals surface area (Å²) >= 11 is 2.32. The van der Waals surface area contributed by atoms with Gasteiger partial charge in [0.05, 0.1) is 18.2 Å². The molecule has 2 aliphatic heterocycles. The summed E-state index contributed by atoms with van der Waals surface area (Å²) < 4.78 is 7.01. The molecule has 2 aliphatic rings. The van der Waals surface area contributed by atoms with E-state index in [1.807, 2.05) is 12.1 Å². The summed E-state index contributed by atoms with van der Waals surface area (Å²) in [5, 5.41) is 3.58. The van der Waals surface area contributed by atoms with Gasteiger partial charge in [0, 0.05) is 14.9 Å². The molecule has 1 aromatic rings. The van der Waals surface area contributed by atoms with Crippen molar-refractivity contribution in [2.45, 2.75) is 37.5 Å². The summed E-state index contributed by atoms with van der Waals surface area (Å²) in [5.74, 6) is 0. The van der Waals surface area contributed by atoms with Gasteiger partial charge < -0.3 is 15.8 Å². The lowest BCUT2D eigenvalue weighted by molar-refractivity contribution is 0.102. The molecule has 3 atom stereocenters. The Hall–Kier alpha value is -0.490. The van der Waals surface area contributed by atoms with Crippen molar-refractivity contribution in [3.8, 4) is 0 Å². The molecule has 2 bridgehead atoms. The second kappa shape index (κ2) is 4.07. The highest BCUT2D eigenvalue weighted by Crippen LogP contribution is 2.36. The molecule has 86 valence electrons. The van der Waals surface area contributed by atoms with Crippen LogP contribution in [0, 0.1) is 3.57 Å². The van der Waals surface area contributed by atoms with Crippen molar-refractivity contribution in [3.63, 3.8) is 0 Å². The van der Waals surface area contributed by atoms with Gasteiger partial charge in [-0.05, 0) is 60.1 Å². The fraction of sp³-hybridized carbons (Fsp3) is 0.500. The van der Waals surface area contributed by atoms with Gasteiger partial charge in [-0.15, -0.1) is 0 Å². The van der Waals surface area contributed by atoms with Crippen LogP contribution in [0.1, 0.15) is 19.3 Å². The summed E-state index contributed by atoms with van der Waals surface area (Å²) in [6.07, 6.45) is 4.49. The molecule has 0 spiro atoms. The number of hydrogen-bond donors (Lipinski definition) is 2. The number of hydrogen-bond acceptors (Lipinski definition) is 3. The minimum Gasteiger partial charge on any atom is -0.399 e. The average molecular weight is 330 g/mol. The molecule has 0 radical (unpaired) electrons. The summed E-state index contributed by atoms with van der Waals surface area (Å²) in [6, 6.07) is 6.48. The van der Waals surface area contributed by atoms with Crippen molar-refractivity contribution in [1.82, 2.24) is 0 Å². The van der Waals surface area contributed by atoms with E-state index in [-0.39, 0.29) is 0 Å². The SMILES string of the molecule is Nc1ccc(NC2CC3CCC2O3)c(I)c1. The largest absolute Gasteiger partial charge is 0.399 e. The van der Waals surface area contributed by atoms with Gasteiger partial charge in [-0.2, -0.15) is 0 Å². The van der Waals surface area contributed by atoms with E-state index in [1.54, 1.807) is 0 Å². The molecule has 2 fully saturated rings. The molecule has 16 heavy (non-hydrogen) atoms. The average Bonchev–Trinajstić information content (AvgIpc) is 2.84. The predicted octanol–water partition coefficient (Wildman–Crippen LogP) is 2.61. The summed E-state index contributed by atoms with van der Waals surface area (Å²) in [4.78, 5) is 0. The number of benzene rings is 1. The number of nitrogens with one attached hydrogen (secondary N) is 1. The Kier molecular flexibility index (Phi) is 2.71. The van der Waals surface area contributed by atoms with Crippen molar-refractivity contribution in [3.05, 3.63) is 21.8 Å². The van der Waals surface area contributed by atoms with E-state index in [2.05, 4.69) is 34.0 Å². The third-order valence-corrected chi connectivity index (χ3v) is 4.33. The fourth-order valence-corrected chi connectivity index (χ4v) is 3.33. The first-order valence-electron chi connectivity index (χ1n) is 5.69. The molecule has 3 rings (SSSR count). The Balaban J connectivity index is 1.74. The van der Waals surface area contributed by atoms with Gasteiger partial charge in [-0.25, -0.2) is 0 Å². The van der Waals surface area contributed by atoms with Crippen LogP contribution in [0.15, 0.2) is 18.2 Å². The molecular weight excluding hydrogens is 315 g/mol. The summed E-state index contributed by atoms with van der Waals surface area (Å²) in [7, 11) is 0. The Morgan fingerprint density at radius 1 is 1.38 bits per heavy atom. The number of ether oxygens (including phenoxy) is 1. The van der Waals surface area contributed by atoms with E-state index in [9.17, 15) is 0 Å². The highest BCUT2D eigenvalue weighted by atomic mass is 127. The second-order valence-corrected chi connectivity index (χ2v) is 5.76. The van der Waals surface area contributed by atoms with Crippen molar-refractivity contribution in [1.29, 1.82) is 0 Å². The molecule has 0 saturated carbocycles. The Morgan fingerprint density at radius 2 is 2.25 bits per heavy atom. The van der Waals surface area contributed by atoms with Crippen LogP contribution in [0.3, 0.4) is 0 Å². The van der Waals surface area contributed by atoms with Crippen LogP contribution >= 0.6 is 22.6 Å². The zero-order valence-electron chi connectivity index (χ0n) is 8.95. The highest BCUT2D eigenvalue weighted by molar-refractivity contribution is 14.1. The molecule has 2 heterocycles. The number of rotatable bonds is 2. The first-order valence-corrected chi connectivity index (χ1v) is 6.77. The van der Waals surface area contributed by atoms with E-state index in [0.717, 1.165) is 12.1 Å². The lowest BCUT2D eigenvalue weighted by Gasteiger charge is -2.22. The normalized spacial score (nSPS) is 31.9. The lowest BCUT2D eigenvalue weighted by Crippen LogP contribution is -2.30. The third kappa shape index (κ3) is 1.88. The van der Waals surface area contributed by atoms with Crippen molar-refractivity contribution in [2.24, 2.45) is 0 Å². The smallest absolute Gasteiger partial charge is 0.0781 e. The molecule has 3 nitrogen and oxygen atoms in total. The van der Waals surface area contributed by atoms with Crippen LogP contribution < -0.4 is 11.1 Å². The number of fused-ring (bicyclic) bond motifs is 2. The van der Waals surface area contributed by atoms with Crippen LogP contribution in [0.2, 0.25) is 0 Å². The Morgan fingerprint density at radius 3 is 2.88 bits per heavy atom. The summed E-state index contributed by atoms with van der Waals surface area (Å²) in [6.45, 7) is 0. The Labute approximate surface area is 109 Å². The van der Waals surface area contributed by atoms with Crippen LogP contribution in [0.5, 0.6) is 0 Å². The van der Waals surface area contributed by atoms with Gasteiger partial charge in [0.1, 0.15) is 0 Å². The number of nitrogen functional groups attached to an aromatic ring is 1. The van der Waals surface area contributed by atoms with E-state index in [0.29, 0.717) is 18.2 Å². The lowest BCUT2D eigenvalue weighted by atomic mass is 9.95. The molecule has 0 amide bonds. The fourth-order valence-electron chi connectivity index (χ4n) is 2.64. The van der Waals surface area contributed by atoms with Gasteiger partial charge >= 0.3 is 0 Å². The van der Waals surface area contributed by atoms with Gasteiger partial charge in [0.2, 0.25) is 0 Å². The van der Waals surface area contributed by atoms with E-state index >= 15 is 0 Å². The summed E-state index contributed by atoms with van der Waals surface area (Å²) in [5.41, 5.74) is 7.73. The van der Waals surface area contributed by atoms with Crippen LogP contribution in [-0.2, 0) is 4.74 Å². The molecular formula is C12H15IN2O. The van der Waals surface area contributed by atoms with E-state index < -0.39 is 0 Å². The molecule has 0 aromatic heterocycles. The zero-order chi connectivity index (χ0) is 11.1. The topological polar surface area (TPSA) is 47.3 Å². The first-order chi connectivity index (χ1) is 7.72. The Bertz CT molecular complexity index is 410. The van der Waals surface area contributed by atoms with Gasteiger partial charge in [0.15, 0.2) is 0 Å². The standard InChI is InChI=1S/C12H15IN2O/c13-9-5-7(14)1-3-10(9)15-11-6-8-2-4-12(11)16-8/h1,3,5,8,11-12,15H,2,4,6,14H2. The minimum atomic E-state index is 0.415. The van der Waals surface area contributed by atoms with E-state index in [4.69, 9.17) is 10.5 Å². The minimum absolute atomic E-state index is 0.415. The van der Waals surface area contributed by atoms with Crippen molar-refractivity contribution >= 4 is 34.0 Å². The van der Waals surface area contributed by atoms with Crippen molar-refractivity contribution < 1.29 is 4.74 Å². The third-order valence-electron chi connectivity index (χ3n) is 3.44. The number of halogens is 1. The van der Waals surface area contributed by atoms with Crippen molar-refractivity contribution in [2.75, 3.05) is 11.1 Å². The van der Waals surface area contributed by atoms with Crippen LogP contribution in [0.25, 0.3) is 0 Å². The molecule has 3 unspecified atom stereocenters. The van der Waals surface area contributed by atoms with Gasteiger partial charge in [0.25, 0.3) is 0 Å². The van der Waals surface area contributed by atoms with E-state index in [1.165, 1.54) is 22.1 Å². The van der Waals surface area contributed by atoms with Crippen LogP contribution in [0.4, 0.5) is 11.4 Å². The maximum atomic E-state index is 5.83. The van der Waals surface area contributed by atoms with Gasteiger partial charge in [-0.3, -0.25) is 0 Å². The maximum absolute atomic E-state index is 5.83. The molecule has 4 heteroatoms. The monoisotopic (exact) mass is 330 g/mol. The quantitative estimate of drug-likeness (QED) is 0.647. The molecule has 1 aromatic carbocycles. The number of nitrogens with two attached hydrogens (primary N) is 1. The van der Waals surface area contributed by atoms with Gasteiger partial charge in [-0.1, -0.05) is 0 Å². The maximum Gasteiger partial charge on any atom is 0.0781 e. The zero-order valence-corrected chi connectivity index (χ0v) is 11.1. The molecule has 0 aliphatic carbocycles. The second-order valence-electron chi connectivity index (χ2n) is 4.60.